The van der Waals surface area contributed by atoms with E-state index in [0.29, 0.717) is 14.5 Å². The Balaban J connectivity index is 3.76. The SMILES string of the molecule is Cc1c(C(C)Br)c(C)c(C(C)Br)c(C)c1C(C)Br. The molecular formula is C15H21Br3. The molecule has 0 saturated heterocycles. The fourth-order valence-electron chi connectivity index (χ4n) is 3.07. The molecule has 0 amide bonds. The van der Waals surface area contributed by atoms with Crippen LogP contribution in [-0.2, 0) is 0 Å². The van der Waals surface area contributed by atoms with Crippen LogP contribution < -0.4 is 0 Å². The first-order chi connectivity index (χ1) is 8.20. The largest absolute Gasteiger partial charge is 0.0842 e. The molecule has 0 radical (unpaired) electrons. The maximum Gasteiger partial charge on any atom is 0.0372 e. The normalized spacial score (nSPS) is 16.5. The highest BCUT2D eigenvalue weighted by atomic mass is 79.9. The zero-order valence-corrected chi connectivity index (χ0v) is 16.6. The molecule has 3 atom stereocenters. The van der Waals surface area contributed by atoms with E-state index < -0.39 is 0 Å². The van der Waals surface area contributed by atoms with Crippen molar-refractivity contribution >= 4 is 47.8 Å². The Morgan fingerprint density at radius 3 is 0.833 bits per heavy atom. The summed E-state index contributed by atoms with van der Waals surface area (Å²) in [7, 11) is 0. The molecule has 0 aliphatic heterocycles. The van der Waals surface area contributed by atoms with Gasteiger partial charge in [-0.05, 0) is 74.9 Å². The van der Waals surface area contributed by atoms with Gasteiger partial charge in [-0.25, -0.2) is 0 Å². The van der Waals surface area contributed by atoms with Crippen LogP contribution in [0.1, 0.15) is 68.6 Å². The summed E-state index contributed by atoms with van der Waals surface area (Å²) >= 11 is 11.2. The third-order valence-electron chi connectivity index (χ3n) is 3.62. The van der Waals surface area contributed by atoms with Gasteiger partial charge in [0.15, 0.2) is 0 Å². The van der Waals surface area contributed by atoms with Crippen LogP contribution in [0.25, 0.3) is 0 Å². The highest BCUT2D eigenvalue weighted by Gasteiger charge is 2.23. The van der Waals surface area contributed by atoms with Gasteiger partial charge < -0.3 is 0 Å². The smallest absolute Gasteiger partial charge is 0.0372 e. The lowest BCUT2D eigenvalue weighted by molar-refractivity contribution is 0.950. The Bertz CT molecular complexity index is 358. The summed E-state index contributed by atoms with van der Waals surface area (Å²) in [5, 5.41) is 0. The van der Waals surface area contributed by atoms with E-state index in [1.165, 1.54) is 33.4 Å². The minimum absolute atomic E-state index is 0.382. The topological polar surface area (TPSA) is 0 Å². The number of halogens is 3. The Morgan fingerprint density at radius 1 is 0.556 bits per heavy atom. The summed E-state index contributed by atoms with van der Waals surface area (Å²) in [6, 6.07) is 0. The summed E-state index contributed by atoms with van der Waals surface area (Å²) in [4.78, 5) is 1.15. The summed E-state index contributed by atoms with van der Waals surface area (Å²) in [5.41, 5.74) is 8.54. The number of alkyl halides is 3. The van der Waals surface area contributed by atoms with Crippen LogP contribution in [0.5, 0.6) is 0 Å². The van der Waals surface area contributed by atoms with Crippen molar-refractivity contribution in [2.24, 2.45) is 0 Å². The molecule has 0 bridgehead atoms. The van der Waals surface area contributed by atoms with Crippen LogP contribution >= 0.6 is 47.8 Å². The van der Waals surface area contributed by atoms with Crippen LogP contribution in [0.2, 0.25) is 0 Å². The van der Waals surface area contributed by atoms with Crippen molar-refractivity contribution in [3.63, 3.8) is 0 Å². The lowest BCUT2D eigenvalue weighted by Crippen LogP contribution is -2.08. The third-order valence-corrected chi connectivity index (χ3v) is 4.99. The van der Waals surface area contributed by atoms with Crippen LogP contribution in [0, 0.1) is 20.8 Å². The number of hydrogen-bond donors (Lipinski definition) is 0. The highest BCUT2D eigenvalue weighted by Crippen LogP contribution is 2.42. The molecule has 18 heavy (non-hydrogen) atoms. The van der Waals surface area contributed by atoms with Crippen molar-refractivity contribution in [3.05, 3.63) is 33.4 Å². The van der Waals surface area contributed by atoms with Gasteiger partial charge in [-0.1, -0.05) is 47.8 Å². The molecule has 0 heterocycles. The third kappa shape index (κ3) is 3.04. The molecule has 0 aliphatic rings. The van der Waals surface area contributed by atoms with Crippen molar-refractivity contribution in [2.75, 3.05) is 0 Å². The van der Waals surface area contributed by atoms with Gasteiger partial charge in [0.2, 0.25) is 0 Å². The van der Waals surface area contributed by atoms with Crippen molar-refractivity contribution in [1.29, 1.82) is 0 Å². The second-order valence-electron chi connectivity index (χ2n) is 4.96. The molecule has 1 aromatic carbocycles. The van der Waals surface area contributed by atoms with E-state index >= 15 is 0 Å². The van der Waals surface area contributed by atoms with Crippen molar-refractivity contribution in [3.8, 4) is 0 Å². The van der Waals surface area contributed by atoms with E-state index in [1.54, 1.807) is 0 Å². The predicted octanol–water partition coefficient (Wildman–Crippen LogP) is 6.98. The monoisotopic (exact) mass is 438 g/mol. The lowest BCUT2D eigenvalue weighted by Gasteiger charge is -2.26. The zero-order chi connectivity index (χ0) is 14.2. The first kappa shape index (κ1) is 16.7. The highest BCUT2D eigenvalue weighted by molar-refractivity contribution is 9.09. The van der Waals surface area contributed by atoms with Crippen molar-refractivity contribution in [1.82, 2.24) is 0 Å². The van der Waals surface area contributed by atoms with Crippen molar-refractivity contribution < 1.29 is 0 Å². The van der Waals surface area contributed by atoms with E-state index in [-0.39, 0.29) is 0 Å². The van der Waals surface area contributed by atoms with Crippen LogP contribution in [0.4, 0.5) is 0 Å². The molecule has 0 aromatic heterocycles. The Kier molecular flexibility index (Phi) is 5.95. The summed E-state index contributed by atoms with van der Waals surface area (Å²) < 4.78 is 0. The zero-order valence-electron chi connectivity index (χ0n) is 11.9. The second-order valence-corrected chi connectivity index (χ2v) is 9.08. The molecule has 0 N–H and O–H groups in total. The Labute approximate surface area is 136 Å². The number of rotatable bonds is 3. The number of hydrogen-bond acceptors (Lipinski definition) is 0. The minimum Gasteiger partial charge on any atom is -0.0842 e. The lowest BCUT2D eigenvalue weighted by atomic mass is 9.85. The molecule has 0 spiro atoms. The maximum atomic E-state index is 3.74. The standard InChI is InChI=1S/C15H21Br3/c1-7-13(10(4)16)8(2)15(12(6)18)9(3)14(7)11(5)17/h10-12H,1-6H3. The molecular weight excluding hydrogens is 420 g/mol. The minimum atomic E-state index is 0.382. The molecule has 1 aromatic rings. The van der Waals surface area contributed by atoms with Gasteiger partial charge in [0.25, 0.3) is 0 Å². The number of benzene rings is 1. The Morgan fingerprint density at radius 2 is 0.722 bits per heavy atom. The predicted molar refractivity (Wildman–Crippen MR) is 92.7 cm³/mol. The van der Waals surface area contributed by atoms with Crippen LogP contribution in [0.3, 0.4) is 0 Å². The fraction of sp³-hybridized carbons (Fsp3) is 0.600. The molecule has 0 fully saturated rings. The van der Waals surface area contributed by atoms with Gasteiger partial charge >= 0.3 is 0 Å². The van der Waals surface area contributed by atoms with E-state index in [0.717, 1.165) is 0 Å². The van der Waals surface area contributed by atoms with E-state index in [1.807, 2.05) is 0 Å². The molecule has 0 saturated carbocycles. The van der Waals surface area contributed by atoms with Gasteiger partial charge in [-0.15, -0.1) is 0 Å². The van der Waals surface area contributed by atoms with Gasteiger partial charge in [-0.3, -0.25) is 0 Å². The van der Waals surface area contributed by atoms with E-state index in [9.17, 15) is 0 Å². The van der Waals surface area contributed by atoms with Gasteiger partial charge in [-0.2, -0.15) is 0 Å². The molecule has 102 valence electrons. The van der Waals surface area contributed by atoms with E-state index in [4.69, 9.17) is 0 Å². The van der Waals surface area contributed by atoms with Gasteiger partial charge in [0.05, 0.1) is 0 Å². The molecule has 3 heteroatoms. The van der Waals surface area contributed by atoms with Gasteiger partial charge in [0.1, 0.15) is 0 Å². The first-order valence-electron chi connectivity index (χ1n) is 6.25. The van der Waals surface area contributed by atoms with Crippen molar-refractivity contribution in [2.45, 2.75) is 56.0 Å². The summed E-state index contributed by atoms with van der Waals surface area (Å²) in [5.74, 6) is 0. The molecule has 3 unspecified atom stereocenters. The van der Waals surface area contributed by atoms with Crippen LogP contribution in [0.15, 0.2) is 0 Å². The summed E-state index contributed by atoms with van der Waals surface area (Å²) in [6.45, 7) is 13.3. The quantitative estimate of drug-likeness (QED) is 0.445. The molecule has 0 nitrogen and oxygen atoms in total. The molecule has 0 aliphatic carbocycles. The van der Waals surface area contributed by atoms with Gasteiger partial charge in [0, 0.05) is 14.5 Å². The second kappa shape index (κ2) is 6.41. The van der Waals surface area contributed by atoms with E-state index in [2.05, 4.69) is 89.3 Å². The summed E-state index contributed by atoms with van der Waals surface area (Å²) in [6.07, 6.45) is 0. The maximum absolute atomic E-state index is 3.74. The fourth-order valence-corrected chi connectivity index (χ4v) is 5.13. The average Bonchev–Trinajstić information content (AvgIpc) is 2.14. The first-order valence-corrected chi connectivity index (χ1v) is 9.00. The average molecular weight is 441 g/mol. The van der Waals surface area contributed by atoms with Crippen LogP contribution in [-0.4, -0.2) is 0 Å². The molecule has 1 rings (SSSR count). The Hall–Kier alpha value is 0.660.